The quantitative estimate of drug-likeness (QED) is 0.879. The average molecular weight is 268 g/mol. The minimum Gasteiger partial charge on any atom is -0.396 e. The molecule has 5 nitrogen and oxygen atoms in total. The number of pyridine rings is 1. The molecule has 96 valence electrons. The van der Waals surface area contributed by atoms with Crippen LogP contribution in [0.15, 0.2) is 24.4 Å². The number of nitrogens with zero attached hydrogens (tertiary/aromatic N) is 2. The Morgan fingerprint density at radius 1 is 1.61 bits per heavy atom. The summed E-state index contributed by atoms with van der Waals surface area (Å²) in [5, 5.41) is 11.8. The molecule has 0 saturated heterocycles. The van der Waals surface area contributed by atoms with E-state index in [0.29, 0.717) is 17.9 Å². The number of nitrogens with one attached hydrogen (secondary N) is 1. The minimum atomic E-state index is -0.293. The van der Waals surface area contributed by atoms with E-state index in [9.17, 15) is 4.79 Å². The Morgan fingerprint density at radius 3 is 3.11 bits per heavy atom. The third kappa shape index (κ3) is 2.47. The van der Waals surface area contributed by atoms with Crippen molar-refractivity contribution in [2.45, 2.75) is 6.92 Å². The summed E-state index contributed by atoms with van der Waals surface area (Å²) in [6.07, 6.45) is 1.73. The highest BCUT2D eigenvalue weighted by Crippen LogP contribution is 2.17. The van der Waals surface area contributed by atoms with Crippen LogP contribution >= 0.6 is 11.6 Å². The van der Waals surface area contributed by atoms with Gasteiger partial charge in [-0.3, -0.25) is 9.20 Å². The number of amides is 1. The van der Waals surface area contributed by atoms with Gasteiger partial charge in [-0.05, 0) is 18.1 Å². The van der Waals surface area contributed by atoms with Gasteiger partial charge in [0.15, 0.2) is 10.8 Å². The molecule has 6 heteroatoms. The van der Waals surface area contributed by atoms with E-state index in [-0.39, 0.29) is 23.6 Å². The molecule has 1 atom stereocenters. The topological polar surface area (TPSA) is 66.6 Å². The summed E-state index contributed by atoms with van der Waals surface area (Å²) in [5.41, 5.74) is 0.945. The SMILES string of the molecule is CC(CO)CNC(=O)c1c(Cl)nc2ccccn12. The normalized spacial score (nSPS) is 12.6. The van der Waals surface area contributed by atoms with Gasteiger partial charge in [0, 0.05) is 19.3 Å². The van der Waals surface area contributed by atoms with Gasteiger partial charge in [0.2, 0.25) is 0 Å². The first-order valence-electron chi connectivity index (χ1n) is 5.65. The van der Waals surface area contributed by atoms with E-state index in [1.54, 1.807) is 22.7 Å². The van der Waals surface area contributed by atoms with E-state index < -0.39 is 0 Å². The first-order chi connectivity index (χ1) is 8.63. The van der Waals surface area contributed by atoms with Crippen molar-refractivity contribution < 1.29 is 9.90 Å². The maximum absolute atomic E-state index is 12.0. The van der Waals surface area contributed by atoms with Crippen LogP contribution in [0.5, 0.6) is 0 Å². The molecule has 0 aromatic carbocycles. The second-order valence-electron chi connectivity index (χ2n) is 4.18. The summed E-state index contributed by atoms with van der Waals surface area (Å²) in [5.74, 6) is -0.286. The molecule has 0 aliphatic carbocycles. The number of carbonyl (C=O) groups is 1. The number of hydrogen-bond acceptors (Lipinski definition) is 3. The highest BCUT2D eigenvalue weighted by Gasteiger charge is 2.17. The Kier molecular flexibility index (Phi) is 3.84. The van der Waals surface area contributed by atoms with Crippen molar-refractivity contribution in [1.82, 2.24) is 14.7 Å². The lowest BCUT2D eigenvalue weighted by Gasteiger charge is -2.09. The zero-order valence-electron chi connectivity index (χ0n) is 9.93. The van der Waals surface area contributed by atoms with E-state index in [4.69, 9.17) is 16.7 Å². The van der Waals surface area contributed by atoms with E-state index in [1.165, 1.54) is 0 Å². The van der Waals surface area contributed by atoms with Gasteiger partial charge in [-0.15, -0.1) is 0 Å². The Hall–Kier alpha value is -1.59. The largest absolute Gasteiger partial charge is 0.396 e. The van der Waals surface area contributed by atoms with Crippen LogP contribution in [0, 0.1) is 5.92 Å². The average Bonchev–Trinajstić information content (AvgIpc) is 2.71. The third-order valence-corrected chi connectivity index (χ3v) is 2.89. The van der Waals surface area contributed by atoms with Crippen molar-refractivity contribution in [1.29, 1.82) is 0 Å². The second kappa shape index (κ2) is 5.37. The van der Waals surface area contributed by atoms with E-state index >= 15 is 0 Å². The van der Waals surface area contributed by atoms with Crippen molar-refractivity contribution in [2.24, 2.45) is 5.92 Å². The van der Waals surface area contributed by atoms with Crippen molar-refractivity contribution in [3.05, 3.63) is 35.2 Å². The maximum atomic E-state index is 12.0. The lowest BCUT2D eigenvalue weighted by Crippen LogP contribution is -2.30. The number of imidazole rings is 1. The molecule has 2 aromatic rings. The van der Waals surface area contributed by atoms with Gasteiger partial charge in [0.05, 0.1) is 0 Å². The Bertz CT molecular complexity index is 567. The molecule has 1 unspecified atom stereocenters. The first kappa shape index (κ1) is 12.9. The van der Waals surface area contributed by atoms with Gasteiger partial charge in [0.25, 0.3) is 5.91 Å². The second-order valence-corrected chi connectivity index (χ2v) is 4.54. The van der Waals surface area contributed by atoms with Crippen LogP contribution in [-0.4, -0.2) is 33.6 Å². The number of rotatable bonds is 4. The summed E-state index contributed by atoms with van der Waals surface area (Å²) in [6, 6.07) is 5.41. The number of carbonyl (C=O) groups excluding carboxylic acids is 1. The zero-order valence-corrected chi connectivity index (χ0v) is 10.7. The molecular formula is C12H14ClN3O2. The summed E-state index contributed by atoms with van der Waals surface area (Å²) < 4.78 is 1.64. The molecule has 0 aliphatic heterocycles. The molecule has 0 bridgehead atoms. The predicted molar refractivity (Wildman–Crippen MR) is 68.8 cm³/mol. The van der Waals surface area contributed by atoms with Crippen molar-refractivity contribution in [3.63, 3.8) is 0 Å². The van der Waals surface area contributed by atoms with Gasteiger partial charge >= 0.3 is 0 Å². The number of hydrogen-bond donors (Lipinski definition) is 2. The Labute approximate surface area is 109 Å². The molecule has 0 radical (unpaired) electrons. The molecule has 2 N–H and O–H groups in total. The van der Waals surface area contributed by atoms with Crippen LogP contribution in [-0.2, 0) is 0 Å². The Morgan fingerprint density at radius 2 is 2.39 bits per heavy atom. The smallest absolute Gasteiger partial charge is 0.271 e. The van der Waals surface area contributed by atoms with Crippen LogP contribution in [0.3, 0.4) is 0 Å². The molecule has 0 spiro atoms. The molecule has 0 saturated carbocycles. The van der Waals surface area contributed by atoms with E-state index in [1.807, 2.05) is 13.0 Å². The monoisotopic (exact) mass is 267 g/mol. The Balaban J connectivity index is 2.25. The highest BCUT2D eigenvalue weighted by molar-refractivity contribution is 6.32. The van der Waals surface area contributed by atoms with Crippen molar-refractivity contribution in [2.75, 3.05) is 13.2 Å². The number of aromatic nitrogens is 2. The van der Waals surface area contributed by atoms with Crippen molar-refractivity contribution >= 4 is 23.2 Å². The lowest BCUT2D eigenvalue weighted by atomic mass is 10.2. The van der Waals surface area contributed by atoms with Gasteiger partial charge < -0.3 is 10.4 Å². The van der Waals surface area contributed by atoms with Crippen LogP contribution in [0.25, 0.3) is 5.65 Å². The molecule has 0 fully saturated rings. The summed E-state index contributed by atoms with van der Waals surface area (Å²) in [4.78, 5) is 16.1. The van der Waals surface area contributed by atoms with E-state index in [0.717, 1.165) is 0 Å². The third-order valence-electron chi connectivity index (χ3n) is 2.63. The standard InChI is InChI=1S/C12H14ClN3O2/c1-8(7-17)6-14-12(18)10-11(13)15-9-4-2-3-5-16(9)10/h2-5,8,17H,6-7H2,1H3,(H,14,18). The van der Waals surface area contributed by atoms with Crippen molar-refractivity contribution in [3.8, 4) is 0 Å². The summed E-state index contributed by atoms with van der Waals surface area (Å²) in [7, 11) is 0. The minimum absolute atomic E-state index is 0.00640. The van der Waals surface area contributed by atoms with Gasteiger partial charge in [0.1, 0.15) is 5.65 Å². The highest BCUT2D eigenvalue weighted by atomic mass is 35.5. The van der Waals surface area contributed by atoms with E-state index in [2.05, 4.69) is 10.3 Å². The van der Waals surface area contributed by atoms with Crippen LogP contribution in [0.2, 0.25) is 5.15 Å². The first-order valence-corrected chi connectivity index (χ1v) is 6.03. The maximum Gasteiger partial charge on any atom is 0.271 e. The predicted octanol–water partition coefficient (Wildman–Crippen LogP) is 1.35. The van der Waals surface area contributed by atoms with Crippen LogP contribution in [0.4, 0.5) is 0 Å². The zero-order chi connectivity index (χ0) is 13.1. The molecule has 2 aromatic heterocycles. The number of aliphatic hydroxyl groups is 1. The molecule has 0 aliphatic rings. The number of halogens is 1. The molecule has 2 heterocycles. The summed E-state index contributed by atoms with van der Waals surface area (Å²) in [6.45, 7) is 2.27. The van der Waals surface area contributed by atoms with Crippen LogP contribution < -0.4 is 5.32 Å². The molecule has 2 rings (SSSR count). The van der Waals surface area contributed by atoms with Crippen LogP contribution in [0.1, 0.15) is 17.4 Å². The fourth-order valence-electron chi connectivity index (χ4n) is 1.59. The number of aliphatic hydroxyl groups excluding tert-OH is 1. The molecule has 1 amide bonds. The van der Waals surface area contributed by atoms with Gasteiger partial charge in [-0.25, -0.2) is 4.98 Å². The molecular weight excluding hydrogens is 254 g/mol. The van der Waals surface area contributed by atoms with Gasteiger partial charge in [-0.2, -0.15) is 0 Å². The van der Waals surface area contributed by atoms with Gasteiger partial charge in [-0.1, -0.05) is 24.6 Å². The summed E-state index contributed by atoms with van der Waals surface area (Å²) >= 11 is 5.97. The molecule has 18 heavy (non-hydrogen) atoms. The lowest BCUT2D eigenvalue weighted by molar-refractivity contribution is 0.0936. The number of fused-ring (bicyclic) bond motifs is 1. The fourth-order valence-corrected chi connectivity index (χ4v) is 1.85. The fraction of sp³-hybridized carbons (Fsp3) is 0.333.